The number of aromatic nitrogens is 1. The molecule has 6 nitrogen and oxygen atoms in total. The van der Waals surface area contributed by atoms with Crippen LogP contribution in [0.2, 0.25) is 0 Å². The molecule has 1 amide bonds. The number of hydrogen-bond donors (Lipinski definition) is 0. The molecule has 6 heteroatoms. The van der Waals surface area contributed by atoms with Gasteiger partial charge in [0.15, 0.2) is 0 Å². The van der Waals surface area contributed by atoms with Gasteiger partial charge in [-0.25, -0.2) is 0 Å². The number of nitrogens with zero attached hydrogens (tertiary/aromatic N) is 2. The number of methoxy groups -OCH3 is 1. The van der Waals surface area contributed by atoms with Gasteiger partial charge in [0.25, 0.3) is 0 Å². The van der Waals surface area contributed by atoms with Crippen molar-refractivity contribution in [2.45, 2.75) is 31.2 Å². The van der Waals surface area contributed by atoms with Gasteiger partial charge in [-0.05, 0) is 18.6 Å². The minimum atomic E-state index is -0.226. The topological polar surface area (TPSA) is 60.9 Å². The van der Waals surface area contributed by atoms with E-state index in [9.17, 15) is 4.79 Å². The predicted molar refractivity (Wildman–Crippen MR) is 79.2 cm³/mol. The van der Waals surface area contributed by atoms with Gasteiger partial charge >= 0.3 is 0 Å². The van der Waals surface area contributed by atoms with Crippen molar-refractivity contribution in [3.8, 4) is 0 Å². The molecule has 0 N–H and O–H groups in total. The summed E-state index contributed by atoms with van der Waals surface area (Å²) in [6.45, 7) is 2.61. The first-order valence-corrected chi connectivity index (χ1v) is 7.63. The Morgan fingerprint density at radius 1 is 1.50 bits per heavy atom. The van der Waals surface area contributed by atoms with Gasteiger partial charge in [0, 0.05) is 26.3 Å². The summed E-state index contributed by atoms with van der Waals surface area (Å²) in [6.07, 6.45) is 3.66. The van der Waals surface area contributed by atoms with E-state index >= 15 is 0 Å². The number of carbonyl (C=O) groups is 1. The van der Waals surface area contributed by atoms with E-state index < -0.39 is 0 Å². The summed E-state index contributed by atoms with van der Waals surface area (Å²) < 4.78 is 16.8. The van der Waals surface area contributed by atoms with Crippen LogP contribution in [0.15, 0.2) is 24.4 Å². The molecule has 1 atom stereocenters. The highest BCUT2D eigenvalue weighted by Crippen LogP contribution is 2.35. The van der Waals surface area contributed by atoms with Gasteiger partial charge in [0.1, 0.15) is 12.2 Å². The number of pyridine rings is 1. The number of rotatable bonds is 5. The second kappa shape index (κ2) is 6.73. The van der Waals surface area contributed by atoms with Crippen LogP contribution in [0.25, 0.3) is 0 Å². The molecular weight excluding hydrogens is 284 g/mol. The minimum Gasteiger partial charge on any atom is -0.375 e. The van der Waals surface area contributed by atoms with Crippen molar-refractivity contribution in [1.29, 1.82) is 0 Å². The van der Waals surface area contributed by atoms with E-state index in [-0.39, 0.29) is 24.2 Å². The number of amides is 1. The first kappa shape index (κ1) is 15.4. The standard InChI is InChI=1S/C16H22N2O4/c1-20-10-15(19)18-11-16(12-18)8-14(5-7-22-16)21-9-13-4-2-3-6-17-13/h2-4,6,14H,5,7-12H2,1H3. The van der Waals surface area contributed by atoms with Crippen LogP contribution in [-0.4, -0.2) is 60.9 Å². The number of carbonyl (C=O) groups excluding carboxylic acids is 1. The fourth-order valence-electron chi connectivity index (χ4n) is 3.07. The predicted octanol–water partition coefficient (Wildman–Crippen LogP) is 1.00. The Morgan fingerprint density at radius 3 is 3.09 bits per heavy atom. The molecule has 3 heterocycles. The maximum Gasteiger partial charge on any atom is 0.248 e. The summed E-state index contributed by atoms with van der Waals surface area (Å²) in [5.74, 6) is 0.0215. The number of hydrogen-bond acceptors (Lipinski definition) is 5. The number of ether oxygens (including phenoxy) is 3. The van der Waals surface area contributed by atoms with Gasteiger partial charge in [-0.15, -0.1) is 0 Å². The molecule has 0 radical (unpaired) electrons. The van der Waals surface area contributed by atoms with Crippen LogP contribution >= 0.6 is 0 Å². The highest BCUT2D eigenvalue weighted by Gasteiger charge is 2.49. The molecule has 22 heavy (non-hydrogen) atoms. The third-order valence-electron chi connectivity index (χ3n) is 4.22. The molecule has 0 saturated carbocycles. The van der Waals surface area contributed by atoms with Gasteiger partial charge in [-0.2, -0.15) is 0 Å². The van der Waals surface area contributed by atoms with E-state index in [0.717, 1.165) is 18.5 Å². The molecule has 1 unspecified atom stereocenters. The average molecular weight is 306 g/mol. The van der Waals surface area contributed by atoms with Crippen molar-refractivity contribution in [1.82, 2.24) is 9.88 Å². The lowest BCUT2D eigenvalue weighted by molar-refractivity contribution is -0.204. The summed E-state index contributed by atoms with van der Waals surface area (Å²) in [5, 5.41) is 0. The smallest absolute Gasteiger partial charge is 0.248 e. The summed E-state index contributed by atoms with van der Waals surface area (Å²) >= 11 is 0. The lowest BCUT2D eigenvalue weighted by atomic mass is 9.84. The quantitative estimate of drug-likeness (QED) is 0.812. The molecule has 2 aliphatic rings. The molecule has 0 bridgehead atoms. The van der Waals surface area contributed by atoms with Crippen molar-refractivity contribution >= 4 is 5.91 Å². The molecule has 1 aromatic heterocycles. The second-order valence-corrected chi connectivity index (χ2v) is 5.96. The largest absolute Gasteiger partial charge is 0.375 e. The van der Waals surface area contributed by atoms with Crippen molar-refractivity contribution in [3.63, 3.8) is 0 Å². The third-order valence-corrected chi connectivity index (χ3v) is 4.22. The van der Waals surface area contributed by atoms with Crippen LogP contribution in [-0.2, 0) is 25.6 Å². The Bertz CT molecular complexity index is 502. The Labute approximate surface area is 130 Å². The van der Waals surface area contributed by atoms with Crippen LogP contribution in [0.5, 0.6) is 0 Å². The Balaban J connectivity index is 1.47. The van der Waals surface area contributed by atoms with E-state index in [2.05, 4.69) is 4.98 Å². The normalized spacial score (nSPS) is 23.3. The molecule has 2 fully saturated rings. The van der Waals surface area contributed by atoms with Crippen LogP contribution < -0.4 is 0 Å². The fourth-order valence-corrected chi connectivity index (χ4v) is 3.07. The van der Waals surface area contributed by atoms with Gasteiger partial charge < -0.3 is 19.1 Å². The second-order valence-electron chi connectivity index (χ2n) is 5.96. The molecule has 3 rings (SSSR count). The van der Waals surface area contributed by atoms with Gasteiger partial charge in [-0.3, -0.25) is 9.78 Å². The molecule has 2 saturated heterocycles. The van der Waals surface area contributed by atoms with E-state index in [4.69, 9.17) is 14.2 Å². The summed E-state index contributed by atoms with van der Waals surface area (Å²) in [4.78, 5) is 17.8. The van der Waals surface area contributed by atoms with Crippen molar-refractivity contribution in [2.24, 2.45) is 0 Å². The monoisotopic (exact) mass is 306 g/mol. The lowest BCUT2D eigenvalue weighted by Crippen LogP contribution is -2.67. The average Bonchev–Trinajstić information content (AvgIpc) is 2.52. The van der Waals surface area contributed by atoms with Gasteiger partial charge in [0.05, 0.1) is 31.5 Å². The zero-order valence-corrected chi connectivity index (χ0v) is 12.9. The Hall–Kier alpha value is -1.50. The molecule has 1 spiro atoms. The van der Waals surface area contributed by atoms with Crippen molar-refractivity contribution in [2.75, 3.05) is 33.4 Å². The van der Waals surface area contributed by atoms with Crippen LogP contribution in [0, 0.1) is 0 Å². The van der Waals surface area contributed by atoms with Crippen molar-refractivity contribution < 1.29 is 19.0 Å². The SMILES string of the molecule is COCC(=O)N1CC2(CC(OCc3ccccn3)CCO2)C1. The summed E-state index contributed by atoms with van der Waals surface area (Å²) in [5.41, 5.74) is 0.713. The highest BCUT2D eigenvalue weighted by molar-refractivity contribution is 5.78. The first-order valence-electron chi connectivity index (χ1n) is 7.63. The molecule has 2 aliphatic heterocycles. The minimum absolute atomic E-state index is 0.0215. The van der Waals surface area contributed by atoms with Gasteiger partial charge in [-0.1, -0.05) is 6.07 Å². The van der Waals surface area contributed by atoms with E-state index in [1.807, 2.05) is 18.2 Å². The Kier molecular flexibility index (Phi) is 4.71. The zero-order chi connectivity index (χ0) is 15.4. The van der Waals surface area contributed by atoms with E-state index in [0.29, 0.717) is 26.3 Å². The molecule has 0 aliphatic carbocycles. The number of likely N-dealkylation sites (tertiary alicyclic amines) is 1. The van der Waals surface area contributed by atoms with Gasteiger partial charge in [0.2, 0.25) is 5.91 Å². The fraction of sp³-hybridized carbons (Fsp3) is 0.625. The third kappa shape index (κ3) is 3.45. The molecule has 1 aromatic rings. The zero-order valence-electron chi connectivity index (χ0n) is 12.9. The summed E-state index contributed by atoms with van der Waals surface area (Å²) in [6, 6.07) is 5.82. The maximum absolute atomic E-state index is 11.7. The summed E-state index contributed by atoms with van der Waals surface area (Å²) in [7, 11) is 1.53. The Morgan fingerprint density at radius 2 is 2.36 bits per heavy atom. The first-order chi connectivity index (χ1) is 10.7. The van der Waals surface area contributed by atoms with E-state index in [1.54, 1.807) is 11.1 Å². The molecular formula is C16H22N2O4. The van der Waals surface area contributed by atoms with Crippen molar-refractivity contribution in [3.05, 3.63) is 30.1 Å². The molecule has 0 aromatic carbocycles. The highest BCUT2D eigenvalue weighted by atomic mass is 16.5. The maximum atomic E-state index is 11.7. The molecule has 120 valence electrons. The van der Waals surface area contributed by atoms with E-state index in [1.165, 1.54) is 7.11 Å². The lowest BCUT2D eigenvalue weighted by Gasteiger charge is -2.52. The van der Waals surface area contributed by atoms with Crippen LogP contribution in [0.1, 0.15) is 18.5 Å². The van der Waals surface area contributed by atoms with Crippen LogP contribution in [0.3, 0.4) is 0 Å². The van der Waals surface area contributed by atoms with Crippen LogP contribution in [0.4, 0.5) is 0 Å².